The van der Waals surface area contributed by atoms with Gasteiger partial charge in [0.15, 0.2) is 5.96 Å². The van der Waals surface area contributed by atoms with E-state index in [-0.39, 0.29) is 36.4 Å². The van der Waals surface area contributed by atoms with Crippen LogP contribution in [0, 0.1) is 5.92 Å². The monoisotopic (exact) mass is 432 g/mol. The highest BCUT2D eigenvalue weighted by molar-refractivity contribution is 14.0. The van der Waals surface area contributed by atoms with Crippen molar-refractivity contribution < 1.29 is 4.79 Å². The number of hydrogen-bond donors (Lipinski definition) is 3. The van der Waals surface area contributed by atoms with E-state index in [1.807, 2.05) is 25.1 Å². The van der Waals surface area contributed by atoms with Crippen molar-refractivity contribution in [3.8, 4) is 0 Å². The summed E-state index contributed by atoms with van der Waals surface area (Å²) in [5.74, 6) is 1.16. The van der Waals surface area contributed by atoms with Crippen molar-refractivity contribution in [3.05, 3.63) is 35.9 Å². The van der Waals surface area contributed by atoms with Crippen LogP contribution < -0.4 is 16.0 Å². The quantitative estimate of drug-likeness (QED) is 0.335. The highest BCUT2D eigenvalue weighted by atomic mass is 127. The standard InChI is InChI=1S/C17H28N4O.HI/c1-4-18-17(20-12-14(2)3)21-13-16(22)19-11-10-15-8-6-5-7-9-15;/h5-9,14H,4,10-13H2,1-3H3,(H,19,22)(H2,18,20,21);1H. The van der Waals surface area contributed by atoms with Crippen LogP contribution in [-0.2, 0) is 11.2 Å². The molecule has 5 nitrogen and oxygen atoms in total. The first-order chi connectivity index (χ1) is 10.6. The molecule has 1 amide bonds. The van der Waals surface area contributed by atoms with Crippen LogP contribution in [-0.4, -0.2) is 38.0 Å². The largest absolute Gasteiger partial charge is 0.357 e. The van der Waals surface area contributed by atoms with E-state index in [2.05, 4.69) is 46.9 Å². The van der Waals surface area contributed by atoms with E-state index in [1.165, 1.54) is 5.56 Å². The minimum atomic E-state index is -0.0577. The van der Waals surface area contributed by atoms with Crippen molar-refractivity contribution in [2.45, 2.75) is 27.2 Å². The van der Waals surface area contributed by atoms with Gasteiger partial charge in [0.05, 0.1) is 0 Å². The molecule has 1 aromatic rings. The number of aliphatic imine (C=N–C) groups is 1. The maximum Gasteiger partial charge on any atom is 0.241 e. The maximum absolute atomic E-state index is 11.8. The molecule has 3 N–H and O–H groups in total. The number of carbonyl (C=O) groups is 1. The topological polar surface area (TPSA) is 65.5 Å². The SMILES string of the molecule is CCNC(=NCC(=O)NCCc1ccccc1)NCC(C)C.I. The third-order valence-electron chi connectivity index (χ3n) is 2.98. The van der Waals surface area contributed by atoms with Gasteiger partial charge >= 0.3 is 0 Å². The van der Waals surface area contributed by atoms with E-state index in [1.54, 1.807) is 0 Å². The average Bonchev–Trinajstić information content (AvgIpc) is 2.51. The fraction of sp³-hybridized carbons (Fsp3) is 0.529. The lowest BCUT2D eigenvalue weighted by Gasteiger charge is -2.12. The Kier molecular flexibility index (Phi) is 12.4. The van der Waals surface area contributed by atoms with Crippen LogP contribution >= 0.6 is 24.0 Å². The van der Waals surface area contributed by atoms with Crippen LogP contribution in [0.2, 0.25) is 0 Å². The summed E-state index contributed by atoms with van der Waals surface area (Å²) in [4.78, 5) is 16.1. The second-order valence-corrected chi connectivity index (χ2v) is 5.56. The molecule has 0 heterocycles. The van der Waals surface area contributed by atoms with Crippen LogP contribution in [0.5, 0.6) is 0 Å². The van der Waals surface area contributed by atoms with Gasteiger partial charge in [0, 0.05) is 19.6 Å². The number of nitrogens with one attached hydrogen (secondary N) is 3. The number of carbonyl (C=O) groups excluding carboxylic acids is 1. The average molecular weight is 432 g/mol. The van der Waals surface area contributed by atoms with E-state index in [4.69, 9.17) is 0 Å². The van der Waals surface area contributed by atoms with Gasteiger partial charge in [-0.05, 0) is 24.8 Å². The number of rotatable bonds is 8. The van der Waals surface area contributed by atoms with Gasteiger partial charge < -0.3 is 16.0 Å². The molecule has 0 unspecified atom stereocenters. The van der Waals surface area contributed by atoms with Crippen molar-refractivity contribution in [3.63, 3.8) is 0 Å². The first kappa shape index (κ1) is 21.7. The van der Waals surface area contributed by atoms with E-state index in [0.29, 0.717) is 18.4 Å². The van der Waals surface area contributed by atoms with Crippen LogP contribution in [0.25, 0.3) is 0 Å². The molecule has 0 saturated carbocycles. The molecule has 0 radical (unpaired) electrons. The van der Waals surface area contributed by atoms with Gasteiger partial charge in [-0.1, -0.05) is 44.2 Å². The van der Waals surface area contributed by atoms with Crippen LogP contribution in [0.1, 0.15) is 26.3 Å². The van der Waals surface area contributed by atoms with Crippen molar-refractivity contribution in [2.24, 2.45) is 10.9 Å². The summed E-state index contributed by atoms with van der Waals surface area (Å²) in [7, 11) is 0. The van der Waals surface area contributed by atoms with Gasteiger partial charge in [-0.15, -0.1) is 24.0 Å². The summed E-state index contributed by atoms with van der Waals surface area (Å²) < 4.78 is 0. The first-order valence-electron chi connectivity index (χ1n) is 7.94. The molecule has 0 aliphatic heterocycles. The first-order valence-corrected chi connectivity index (χ1v) is 7.94. The van der Waals surface area contributed by atoms with Gasteiger partial charge in [0.2, 0.25) is 5.91 Å². The van der Waals surface area contributed by atoms with Gasteiger partial charge in [-0.2, -0.15) is 0 Å². The van der Waals surface area contributed by atoms with Gasteiger partial charge in [0.25, 0.3) is 0 Å². The fourth-order valence-corrected chi connectivity index (χ4v) is 1.84. The molecule has 6 heteroatoms. The Morgan fingerprint density at radius 3 is 2.43 bits per heavy atom. The van der Waals surface area contributed by atoms with Gasteiger partial charge in [-0.3, -0.25) is 4.79 Å². The lowest BCUT2D eigenvalue weighted by molar-refractivity contribution is -0.119. The Morgan fingerprint density at radius 2 is 1.83 bits per heavy atom. The Bertz CT molecular complexity index is 463. The summed E-state index contributed by atoms with van der Waals surface area (Å²) >= 11 is 0. The molecule has 0 saturated heterocycles. The maximum atomic E-state index is 11.8. The highest BCUT2D eigenvalue weighted by Crippen LogP contribution is 1.97. The molecule has 1 aromatic carbocycles. The number of nitrogens with zero attached hydrogens (tertiary/aromatic N) is 1. The van der Waals surface area contributed by atoms with E-state index < -0.39 is 0 Å². The Balaban J connectivity index is 0.00000484. The van der Waals surface area contributed by atoms with Crippen molar-refractivity contribution in [1.29, 1.82) is 0 Å². The predicted molar refractivity (Wildman–Crippen MR) is 107 cm³/mol. The zero-order valence-corrected chi connectivity index (χ0v) is 16.6. The zero-order valence-electron chi connectivity index (χ0n) is 14.3. The molecule has 0 aromatic heterocycles. The van der Waals surface area contributed by atoms with E-state index >= 15 is 0 Å². The molecule has 0 aliphatic carbocycles. The molecule has 0 fully saturated rings. The lowest BCUT2D eigenvalue weighted by Crippen LogP contribution is -2.40. The third-order valence-corrected chi connectivity index (χ3v) is 2.98. The number of benzene rings is 1. The smallest absolute Gasteiger partial charge is 0.241 e. The summed E-state index contributed by atoms with van der Waals surface area (Å²) in [5, 5.41) is 9.24. The molecule has 1 rings (SSSR count). The second kappa shape index (κ2) is 13.2. The molecule has 0 bridgehead atoms. The number of halogens is 1. The van der Waals surface area contributed by atoms with Gasteiger partial charge in [0.1, 0.15) is 6.54 Å². The third kappa shape index (κ3) is 11.0. The zero-order chi connectivity index (χ0) is 16.2. The normalized spacial score (nSPS) is 10.9. The van der Waals surface area contributed by atoms with Crippen LogP contribution in [0.15, 0.2) is 35.3 Å². The van der Waals surface area contributed by atoms with Crippen LogP contribution in [0.3, 0.4) is 0 Å². The van der Waals surface area contributed by atoms with E-state index in [9.17, 15) is 4.79 Å². The van der Waals surface area contributed by atoms with E-state index in [0.717, 1.165) is 19.5 Å². The Labute approximate surface area is 156 Å². The van der Waals surface area contributed by atoms with Crippen molar-refractivity contribution >= 4 is 35.8 Å². The van der Waals surface area contributed by atoms with Gasteiger partial charge in [-0.25, -0.2) is 4.99 Å². The summed E-state index contributed by atoms with van der Waals surface area (Å²) in [6.07, 6.45) is 0.835. The van der Waals surface area contributed by atoms with Crippen LogP contribution in [0.4, 0.5) is 0 Å². The Hall–Kier alpha value is -1.31. The molecule has 23 heavy (non-hydrogen) atoms. The number of amides is 1. The summed E-state index contributed by atoms with van der Waals surface area (Å²) in [6.45, 7) is 8.66. The number of hydrogen-bond acceptors (Lipinski definition) is 2. The summed E-state index contributed by atoms with van der Waals surface area (Å²) in [6, 6.07) is 10.1. The molecule has 0 aliphatic rings. The number of guanidine groups is 1. The molecular weight excluding hydrogens is 403 g/mol. The Morgan fingerprint density at radius 1 is 1.13 bits per heavy atom. The predicted octanol–water partition coefficient (Wildman–Crippen LogP) is 2.17. The minimum absolute atomic E-state index is 0. The molecule has 130 valence electrons. The second-order valence-electron chi connectivity index (χ2n) is 5.56. The molecule has 0 spiro atoms. The molecule has 0 atom stereocenters. The highest BCUT2D eigenvalue weighted by Gasteiger charge is 2.02. The fourth-order valence-electron chi connectivity index (χ4n) is 1.84. The lowest BCUT2D eigenvalue weighted by atomic mass is 10.1. The molecular formula is C17H29IN4O. The van der Waals surface area contributed by atoms with Crippen molar-refractivity contribution in [1.82, 2.24) is 16.0 Å². The van der Waals surface area contributed by atoms with Crippen molar-refractivity contribution in [2.75, 3.05) is 26.2 Å². The summed E-state index contributed by atoms with van der Waals surface area (Å²) in [5.41, 5.74) is 1.22. The minimum Gasteiger partial charge on any atom is -0.357 e.